The molecule has 0 fully saturated rings. The summed E-state index contributed by atoms with van der Waals surface area (Å²) in [7, 11) is 1.64. The highest BCUT2D eigenvalue weighted by Gasteiger charge is 2.27. The average Bonchev–Trinajstić information content (AvgIpc) is 3.06. The Labute approximate surface area is 163 Å². The van der Waals surface area contributed by atoms with E-state index in [1.54, 1.807) is 11.9 Å². The summed E-state index contributed by atoms with van der Waals surface area (Å²) in [5.41, 5.74) is 4.21. The molecule has 6 heteroatoms. The molecule has 2 amide bonds. The summed E-state index contributed by atoms with van der Waals surface area (Å²) in [6.45, 7) is 1.61. The molecule has 28 heavy (non-hydrogen) atoms. The number of likely N-dealkylation sites (N-methyl/N-ethyl adjacent to an activating group) is 1. The van der Waals surface area contributed by atoms with Gasteiger partial charge in [-0.25, -0.2) is 4.79 Å². The molecular formula is C22H23N3O3. The van der Waals surface area contributed by atoms with Crippen LogP contribution in [0.1, 0.15) is 16.8 Å². The lowest BCUT2D eigenvalue weighted by Crippen LogP contribution is -2.37. The fraction of sp³-hybridized carbons (Fsp3) is 0.273. The maximum atomic E-state index is 12.6. The summed E-state index contributed by atoms with van der Waals surface area (Å²) in [5, 5.41) is 3.77. The molecule has 1 aromatic heterocycles. The maximum absolute atomic E-state index is 12.6. The summed E-state index contributed by atoms with van der Waals surface area (Å²) < 4.78 is 7.57. The minimum absolute atomic E-state index is 0.0340. The number of nitrogens with zero attached hydrogens (tertiary/aromatic N) is 2. The number of carbonyl (C=O) groups is 2. The van der Waals surface area contributed by atoms with Crippen LogP contribution >= 0.6 is 0 Å². The zero-order chi connectivity index (χ0) is 19.5. The predicted octanol–water partition coefficient (Wildman–Crippen LogP) is 3.08. The van der Waals surface area contributed by atoms with Crippen molar-refractivity contribution in [2.24, 2.45) is 0 Å². The van der Waals surface area contributed by atoms with Crippen molar-refractivity contribution >= 4 is 22.9 Å². The van der Waals surface area contributed by atoms with Crippen molar-refractivity contribution in [2.45, 2.75) is 26.1 Å². The number of carbonyl (C=O) groups excluding carboxylic acids is 2. The standard InChI is InChI=1S/C22H23N3O3/c1-23-21(26)14-25-19-10-6-5-9-17(19)18-13-24(12-11-20(18)25)22(27)28-15-16-7-3-2-4-8-16/h2-10H,11-15H2,1H3,(H,23,26). The highest BCUT2D eigenvalue weighted by atomic mass is 16.6. The first-order valence-corrected chi connectivity index (χ1v) is 9.42. The smallest absolute Gasteiger partial charge is 0.410 e. The average molecular weight is 377 g/mol. The van der Waals surface area contributed by atoms with E-state index in [0.29, 0.717) is 19.5 Å². The molecule has 2 heterocycles. The van der Waals surface area contributed by atoms with Crippen LogP contribution in [0.25, 0.3) is 10.9 Å². The van der Waals surface area contributed by atoms with Gasteiger partial charge in [-0.05, 0) is 11.6 Å². The van der Waals surface area contributed by atoms with Gasteiger partial charge in [0.15, 0.2) is 0 Å². The van der Waals surface area contributed by atoms with Gasteiger partial charge in [-0.3, -0.25) is 4.79 Å². The number of aromatic nitrogens is 1. The van der Waals surface area contributed by atoms with Crippen LogP contribution in [-0.4, -0.2) is 35.1 Å². The van der Waals surface area contributed by atoms with E-state index in [0.717, 1.165) is 27.7 Å². The van der Waals surface area contributed by atoms with E-state index in [4.69, 9.17) is 4.74 Å². The van der Waals surface area contributed by atoms with Crippen molar-refractivity contribution in [3.63, 3.8) is 0 Å². The molecule has 3 aromatic rings. The number of ether oxygens (including phenoxy) is 1. The Morgan fingerprint density at radius 1 is 1.07 bits per heavy atom. The Kier molecular flexibility index (Phi) is 5.02. The van der Waals surface area contributed by atoms with Gasteiger partial charge in [0.1, 0.15) is 13.2 Å². The topological polar surface area (TPSA) is 63.6 Å². The molecule has 0 atom stereocenters. The van der Waals surface area contributed by atoms with E-state index < -0.39 is 0 Å². The Bertz CT molecular complexity index is 1010. The van der Waals surface area contributed by atoms with Gasteiger partial charge in [-0.15, -0.1) is 0 Å². The lowest BCUT2D eigenvalue weighted by atomic mass is 10.0. The second kappa shape index (κ2) is 7.76. The third-order valence-corrected chi connectivity index (χ3v) is 5.21. The normalized spacial score (nSPS) is 13.2. The SMILES string of the molecule is CNC(=O)Cn1c2c(c3ccccc31)CN(C(=O)OCc1ccccc1)CC2. The molecule has 0 saturated heterocycles. The van der Waals surface area contributed by atoms with Crippen LogP contribution in [0.2, 0.25) is 0 Å². The Morgan fingerprint density at radius 2 is 1.82 bits per heavy atom. The van der Waals surface area contributed by atoms with Crippen molar-refractivity contribution in [3.05, 3.63) is 71.4 Å². The summed E-state index contributed by atoms with van der Waals surface area (Å²) >= 11 is 0. The Morgan fingerprint density at radius 3 is 2.61 bits per heavy atom. The lowest BCUT2D eigenvalue weighted by Gasteiger charge is -2.27. The number of benzene rings is 2. The zero-order valence-corrected chi connectivity index (χ0v) is 15.9. The summed E-state index contributed by atoms with van der Waals surface area (Å²) in [6.07, 6.45) is 0.388. The van der Waals surface area contributed by atoms with Crippen LogP contribution in [0.15, 0.2) is 54.6 Å². The number of para-hydroxylation sites is 1. The number of fused-ring (bicyclic) bond motifs is 3. The number of nitrogens with one attached hydrogen (secondary N) is 1. The molecule has 0 aliphatic carbocycles. The number of hydrogen-bond donors (Lipinski definition) is 1. The minimum Gasteiger partial charge on any atom is -0.445 e. The van der Waals surface area contributed by atoms with Gasteiger partial charge in [0, 0.05) is 42.2 Å². The van der Waals surface area contributed by atoms with Crippen molar-refractivity contribution in [1.82, 2.24) is 14.8 Å². The summed E-state index contributed by atoms with van der Waals surface area (Å²) in [5.74, 6) is -0.0340. The Balaban J connectivity index is 1.55. The van der Waals surface area contributed by atoms with Gasteiger partial charge < -0.3 is 19.5 Å². The lowest BCUT2D eigenvalue weighted by molar-refractivity contribution is -0.121. The van der Waals surface area contributed by atoms with E-state index in [1.807, 2.05) is 54.6 Å². The predicted molar refractivity (Wildman–Crippen MR) is 107 cm³/mol. The molecule has 6 nitrogen and oxygen atoms in total. The molecule has 1 aliphatic heterocycles. The zero-order valence-electron chi connectivity index (χ0n) is 15.9. The molecular weight excluding hydrogens is 354 g/mol. The van der Waals surface area contributed by atoms with Gasteiger partial charge in [0.2, 0.25) is 5.91 Å². The molecule has 0 radical (unpaired) electrons. The molecule has 1 N–H and O–H groups in total. The second-order valence-corrected chi connectivity index (χ2v) is 6.91. The van der Waals surface area contributed by atoms with Crippen LogP contribution < -0.4 is 5.32 Å². The molecule has 0 saturated carbocycles. The number of amides is 2. The van der Waals surface area contributed by atoms with E-state index in [-0.39, 0.29) is 25.2 Å². The third-order valence-electron chi connectivity index (χ3n) is 5.21. The van der Waals surface area contributed by atoms with Gasteiger partial charge in [-0.2, -0.15) is 0 Å². The fourth-order valence-electron chi connectivity index (χ4n) is 3.77. The largest absolute Gasteiger partial charge is 0.445 e. The highest BCUT2D eigenvalue weighted by Crippen LogP contribution is 2.31. The Hall–Kier alpha value is -3.28. The molecule has 0 bridgehead atoms. The summed E-state index contributed by atoms with van der Waals surface area (Å²) in [4.78, 5) is 26.3. The molecule has 1 aliphatic rings. The van der Waals surface area contributed by atoms with Crippen molar-refractivity contribution in [2.75, 3.05) is 13.6 Å². The minimum atomic E-state index is -0.308. The molecule has 4 rings (SSSR count). The van der Waals surface area contributed by atoms with Crippen molar-refractivity contribution in [1.29, 1.82) is 0 Å². The van der Waals surface area contributed by atoms with Gasteiger partial charge in [0.25, 0.3) is 0 Å². The van der Waals surface area contributed by atoms with Crippen LogP contribution in [0.4, 0.5) is 4.79 Å². The van der Waals surface area contributed by atoms with Crippen molar-refractivity contribution < 1.29 is 14.3 Å². The fourth-order valence-corrected chi connectivity index (χ4v) is 3.77. The quantitative estimate of drug-likeness (QED) is 0.760. The molecule has 0 spiro atoms. The van der Waals surface area contributed by atoms with Crippen LogP contribution in [-0.2, 0) is 35.6 Å². The van der Waals surface area contributed by atoms with Gasteiger partial charge in [0.05, 0.1) is 6.54 Å². The van der Waals surface area contributed by atoms with Gasteiger partial charge in [-0.1, -0.05) is 48.5 Å². The van der Waals surface area contributed by atoms with E-state index in [2.05, 4.69) is 9.88 Å². The van der Waals surface area contributed by atoms with E-state index >= 15 is 0 Å². The first-order chi connectivity index (χ1) is 13.7. The van der Waals surface area contributed by atoms with E-state index in [1.165, 1.54) is 0 Å². The highest BCUT2D eigenvalue weighted by molar-refractivity contribution is 5.88. The molecule has 2 aromatic carbocycles. The monoisotopic (exact) mass is 377 g/mol. The molecule has 144 valence electrons. The third kappa shape index (κ3) is 3.45. The number of hydrogen-bond acceptors (Lipinski definition) is 3. The van der Waals surface area contributed by atoms with Crippen LogP contribution in [0, 0.1) is 0 Å². The summed E-state index contributed by atoms with van der Waals surface area (Å²) in [6, 6.07) is 17.7. The number of rotatable bonds is 4. The molecule has 0 unspecified atom stereocenters. The van der Waals surface area contributed by atoms with Crippen LogP contribution in [0.5, 0.6) is 0 Å². The second-order valence-electron chi connectivity index (χ2n) is 6.91. The first kappa shape index (κ1) is 18.1. The van der Waals surface area contributed by atoms with Crippen molar-refractivity contribution in [3.8, 4) is 0 Å². The first-order valence-electron chi connectivity index (χ1n) is 9.42. The van der Waals surface area contributed by atoms with Gasteiger partial charge >= 0.3 is 6.09 Å². The maximum Gasteiger partial charge on any atom is 0.410 e. The van der Waals surface area contributed by atoms with E-state index in [9.17, 15) is 9.59 Å². The van der Waals surface area contributed by atoms with Crippen LogP contribution in [0.3, 0.4) is 0 Å².